The SMILES string of the molecule is CC(C)CC1(Cc2ccc(Cl)s2)CCCN1. The van der Waals surface area contributed by atoms with Crippen molar-refractivity contribution in [2.45, 2.75) is 45.1 Å². The normalized spacial score (nSPS) is 25.5. The summed E-state index contributed by atoms with van der Waals surface area (Å²) < 4.78 is 0.910. The number of hydrogen-bond donors (Lipinski definition) is 1. The van der Waals surface area contributed by atoms with Gasteiger partial charge in [0.05, 0.1) is 4.34 Å². The second-order valence-electron chi connectivity index (χ2n) is 5.29. The largest absolute Gasteiger partial charge is 0.311 e. The molecule has 1 aliphatic heterocycles. The molecule has 0 aromatic carbocycles. The number of hydrogen-bond acceptors (Lipinski definition) is 2. The van der Waals surface area contributed by atoms with Gasteiger partial charge in [0.15, 0.2) is 0 Å². The Labute approximate surface area is 107 Å². The minimum atomic E-state index is 0.336. The van der Waals surface area contributed by atoms with Gasteiger partial charge < -0.3 is 5.32 Å². The monoisotopic (exact) mass is 257 g/mol. The summed E-state index contributed by atoms with van der Waals surface area (Å²) in [7, 11) is 0. The van der Waals surface area contributed by atoms with Gasteiger partial charge in [0, 0.05) is 16.8 Å². The standard InChI is InChI=1S/C13H20ClNS/c1-10(2)8-13(6-3-7-15-13)9-11-4-5-12(14)16-11/h4-5,10,15H,3,6-9H2,1-2H3. The van der Waals surface area contributed by atoms with E-state index in [4.69, 9.17) is 11.6 Å². The van der Waals surface area contributed by atoms with E-state index < -0.39 is 0 Å². The van der Waals surface area contributed by atoms with Gasteiger partial charge in [-0.05, 0) is 43.9 Å². The summed E-state index contributed by atoms with van der Waals surface area (Å²) >= 11 is 7.72. The zero-order chi connectivity index (χ0) is 11.6. The lowest BCUT2D eigenvalue weighted by atomic mass is 9.84. The van der Waals surface area contributed by atoms with Crippen LogP contribution in [0.5, 0.6) is 0 Å². The van der Waals surface area contributed by atoms with E-state index in [1.54, 1.807) is 11.3 Å². The van der Waals surface area contributed by atoms with Crippen molar-refractivity contribution >= 4 is 22.9 Å². The molecule has 0 amide bonds. The molecule has 0 bridgehead atoms. The van der Waals surface area contributed by atoms with Gasteiger partial charge in [0.2, 0.25) is 0 Å². The number of halogens is 1. The van der Waals surface area contributed by atoms with E-state index in [0.29, 0.717) is 5.54 Å². The van der Waals surface area contributed by atoms with Crippen LogP contribution in [0.1, 0.15) is 38.0 Å². The molecule has 2 rings (SSSR count). The highest BCUT2D eigenvalue weighted by atomic mass is 35.5. The molecule has 3 heteroatoms. The third-order valence-corrected chi connectivity index (χ3v) is 4.50. The third kappa shape index (κ3) is 2.99. The smallest absolute Gasteiger partial charge is 0.0931 e. The molecule has 2 heterocycles. The Morgan fingerprint density at radius 3 is 2.81 bits per heavy atom. The highest BCUT2D eigenvalue weighted by molar-refractivity contribution is 7.16. The van der Waals surface area contributed by atoms with Gasteiger partial charge in [0.1, 0.15) is 0 Å². The lowest BCUT2D eigenvalue weighted by Crippen LogP contribution is -2.42. The Balaban J connectivity index is 2.08. The van der Waals surface area contributed by atoms with E-state index >= 15 is 0 Å². The van der Waals surface area contributed by atoms with Crippen molar-refractivity contribution in [3.05, 3.63) is 21.3 Å². The van der Waals surface area contributed by atoms with Crippen LogP contribution in [0.15, 0.2) is 12.1 Å². The van der Waals surface area contributed by atoms with Crippen LogP contribution in [0, 0.1) is 5.92 Å². The van der Waals surface area contributed by atoms with Crippen LogP contribution in [-0.2, 0) is 6.42 Å². The molecule has 0 radical (unpaired) electrons. The average molecular weight is 258 g/mol. The Hall–Kier alpha value is -0.0500. The average Bonchev–Trinajstić information content (AvgIpc) is 2.76. The molecule has 16 heavy (non-hydrogen) atoms. The third-order valence-electron chi connectivity index (χ3n) is 3.27. The maximum atomic E-state index is 6.00. The lowest BCUT2D eigenvalue weighted by Gasteiger charge is -2.31. The quantitative estimate of drug-likeness (QED) is 0.856. The first-order valence-corrected chi connectivity index (χ1v) is 7.28. The molecule has 1 unspecified atom stereocenters. The predicted octanol–water partition coefficient (Wildman–Crippen LogP) is 4.11. The summed E-state index contributed by atoms with van der Waals surface area (Å²) in [5, 5.41) is 3.72. The maximum Gasteiger partial charge on any atom is 0.0931 e. The molecule has 1 aliphatic rings. The Morgan fingerprint density at radius 2 is 2.31 bits per heavy atom. The number of nitrogens with one attached hydrogen (secondary N) is 1. The highest BCUT2D eigenvalue weighted by Crippen LogP contribution is 2.33. The van der Waals surface area contributed by atoms with Crippen LogP contribution in [0.2, 0.25) is 4.34 Å². The van der Waals surface area contributed by atoms with Crippen molar-refractivity contribution in [3.63, 3.8) is 0 Å². The van der Waals surface area contributed by atoms with E-state index in [1.807, 2.05) is 6.07 Å². The van der Waals surface area contributed by atoms with Gasteiger partial charge in [-0.2, -0.15) is 0 Å². The van der Waals surface area contributed by atoms with E-state index in [0.717, 1.165) is 16.7 Å². The fraction of sp³-hybridized carbons (Fsp3) is 0.692. The first-order valence-electron chi connectivity index (χ1n) is 6.09. The van der Waals surface area contributed by atoms with Gasteiger partial charge >= 0.3 is 0 Å². The zero-order valence-electron chi connectivity index (χ0n) is 10.1. The maximum absolute atomic E-state index is 6.00. The fourth-order valence-corrected chi connectivity index (χ4v) is 4.06. The Bertz CT molecular complexity index is 339. The topological polar surface area (TPSA) is 12.0 Å². The van der Waals surface area contributed by atoms with Crippen LogP contribution in [0.4, 0.5) is 0 Å². The van der Waals surface area contributed by atoms with Crippen molar-refractivity contribution in [1.82, 2.24) is 5.32 Å². The van der Waals surface area contributed by atoms with E-state index in [2.05, 4.69) is 25.2 Å². The molecule has 1 atom stereocenters. The first kappa shape index (κ1) is 12.4. The van der Waals surface area contributed by atoms with E-state index in [-0.39, 0.29) is 0 Å². The van der Waals surface area contributed by atoms with Crippen LogP contribution in [-0.4, -0.2) is 12.1 Å². The molecule has 1 saturated heterocycles. The fourth-order valence-electron chi connectivity index (χ4n) is 2.83. The van der Waals surface area contributed by atoms with Crippen molar-refractivity contribution < 1.29 is 0 Å². The predicted molar refractivity (Wildman–Crippen MR) is 72.5 cm³/mol. The van der Waals surface area contributed by atoms with Gasteiger partial charge in [-0.15, -0.1) is 11.3 Å². The van der Waals surface area contributed by atoms with E-state index in [9.17, 15) is 0 Å². The minimum absolute atomic E-state index is 0.336. The molecular formula is C13H20ClNS. The minimum Gasteiger partial charge on any atom is -0.311 e. The summed E-state index contributed by atoms with van der Waals surface area (Å²) in [6.07, 6.45) is 5.03. The Morgan fingerprint density at radius 1 is 1.50 bits per heavy atom. The van der Waals surface area contributed by atoms with Gasteiger partial charge in [0.25, 0.3) is 0 Å². The lowest BCUT2D eigenvalue weighted by molar-refractivity contribution is 0.303. The molecule has 1 nitrogen and oxygen atoms in total. The van der Waals surface area contributed by atoms with E-state index in [1.165, 1.54) is 30.7 Å². The molecule has 1 N–H and O–H groups in total. The highest BCUT2D eigenvalue weighted by Gasteiger charge is 2.34. The number of rotatable bonds is 4. The van der Waals surface area contributed by atoms with Crippen LogP contribution >= 0.6 is 22.9 Å². The Kier molecular flexibility index (Phi) is 3.93. The van der Waals surface area contributed by atoms with Crippen molar-refractivity contribution in [1.29, 1.82) is 0 Å². The second-order valence-corrected chi connectivity index (χ2v) is 7.09. The number of thiophene rings is 1. The summed E-state index contributed by atoms with van der Waals surface area (Å²) in [5.74, 6) is 0.751. The molecular weight excluding hydrogens is 238 g/mol. The molecule has 0 saturated carbocycles. The molecule has 0 aliphatic carbocycles. The van der Waals surface area contributed by atoms with Crippen molar-refractivity contribution in [3.8, 4) is 0 Å². The first-order chi connectivity index (χ1) is 7.60. The molecule has 0 spiro atoms. The molecule has 1 aromatic heterocycles. The van der Waals surface area contributed by atoms with Crippen molar-refractivity contribution in [2.75, 3.05) is 6.54 Å². The van der Waals surface area contributed by atoms with Gasteiger partial charge in [-0.3, -0.25) is 0 Å². The van der Waals surface area contributed by atoms with Gasteiger partial charge in [-0.1, -0.05) is 25.4 Å². The summed E-state index contributed by atoms with van der Waals surface area (Å²) in [6, 6.07) is 4.19. The molecule has 90 valence electrons. The molecule has 1 aromatic rings. The molecule has 1 fully saturated rings. The van der Waals surface area contributed by atoms with Gasteiger partial charge in [-0.25, -0.2) is 0 Å². The summed E-state index contributed by atoms with van der Waals surface area (Å²) in [6.45, 7) is 5.79. The van der Waals surface area contributed by atoms with Crippen LogP contribution < -0.4 is 5.32 Å². The van der Waals surface area contributed by atoms with Crippen molar-refractivity contribution in [2.24, 2.45) is 5.92 Å². The summed E-state index contributed by atoms with van der Waals surface area (Å²) in [4.78, 5) is 1.42. The van der Waals surface area contributed by atoms with Crippen LogP contribution in [0.3, 0.4) is 0 Å². The zero-order valence-corrected chi connectivity index (χ0v) is 11.6. The van der Waals surface area contributed by atoms with Crippen LogP contribution in [0.25, 0.3) is 0 Å². The summed E-state index contributed by atoms with van der Waals surface area (Å²) in [5.41, 5.74) is 0.336. The second kappa shape index (κ2) is 5.07.